The highest BCUT2D eigenvalue weighted by Crippen LogP contribution is 2.31. The van der Waals surface area contributed by atoms with Gasteiger partial charge in [0.05, 0.1) is 5.54 Å². The second kappa shape index (κ2) is 3.27. The molecule has 1 N–H and O–H groups in total. The molecule has 0 amide bonds. The molecule has 15 heavy (non-hydrogen) atoms. The average Bonchev–Trinajstić information content (AvgIpc) is 2.08. The van der Waals surface area contributed by atoms with Gasteiger partial charge in [0.1, 0.15) is 5.82 Å². The van der Waals surface area contributed by atoms with Crippen molar-refractivity contribution in [3.63, 3.8) is 0 Å². The Morgan fingerprint density at radius 1 is 1.40 bits per heavy atom. The Morgan fingerprint density at radius 3 is 2.73 bits per heavy atom. The molecule has 0 radical (unpaired) electrons. The van der Waals surface area contributed by atoms with Crippen LogP contribution in [0.15, 0.2) is 12.1 Å². The second-order valence-corrected chi connectivity index (χ2v) is 5.09. The normalized spacial score (nSPS) is 18.3. The Hall–Kier alpha value is -0.960. The SMILES string of the molecule is Cc1cc(F)cc2c1CC(=S)C(C)(C)N2. The van der Waals surface area contributed by atoms with Crippen molar-refractivity contribution in [2.75, 3.05) is 5.32 Å². The molecule has 0 unspecified atom stereocenters. The number of hydrogen-bond acceptors (Lipinski definition) is 2. The highest BCUT2D eigenvalue weighted by molar-refractivity contribution is 7.80. The quantitative estimate of drug-likeness (QED) is 0.678. The van der Waals surface area contributed by atoms with Gasteiger partial charge in [-0.15, -0.1) is 0 Å². The van der Waals surface area contributed by atoms with E-state index >= 15 is 0 Å². The molecule has 1 aromatic carbocycles. The summed E-state index contributed by atoms with van der Waals surface area (Å²) in [7, 11) is 0. The van der Waals surface area contributed by atoms with Crippen LogP contribution < -0.4 is 5.32 Å². The number of fused-ring (bicyclic) bond motifs is 1. The zero-order chi connectivity index (χ0) is 11.2. The van der Waals surface area contributed by atoms with Gasteiger partial charge in [0.25, 0.3) is 0 Å². The van der Waals surface area contributed by atoms with Crippen molar-refractivity contribution >= 4 is 22.8 Å². The van der Waals surface area contributed by atoms with E-state index in [4.69, 9.17) is 12.2 Å². The molecular weight excluding hydrogens is 209 g/mol. The van der Waals surface area contributed by atoms with Gasteiger partial charge in [0.15, 0.2) is 0 Å². The van der Waals surface area contributed by atoms with Crippen molar-refractivity contribution < 1.29 is 4.39 Å². The molecule has 1 aliphatic rings. The van der Waals surface area contributed by atoms with E-state index in [1.807, 2.05) is 20.8 Å². The molecule has 0 fully saturated rings. The summed E-state index contributed by atoms with van der Waals surface area (Å²) in [6, 6.07) is 3.10. The number of hydrogen-bond donors (Lipinski definition) is 1. The van der Waals surface area contributed by atoms with Gasteiger partial charge in [-0.25, -0.2) is 4.39 Å². The van der Waals surface area contributed by atoms with E-state index < -0.39 is 0 Å². The Balaban J connectivity index is 2.55. The zero-order valence-electron chi connectivity index (χ0n) is 9.15. The summed E-state index contributed by atoms with van der Waals surface area (Å²) in [5, 5.41) is 3.29. The topological polar surface area (TPSA) is 12.0 Å². The fourth-order valence-corrected chi connectivity index (χ4v) is 2.10. The van der Waals surface area contributed by atoms with E-state index in [-0.39, 0.29) is 11.4 Å². The summed E-state index contributed by atoms with van der Waals surface area (Å²) in [4.78, 5) is 0.977. The molecule has 0 aliphatic carbocycles. The average molecular weight is 223 g/mol. The fraction of sp³-hybridized carbons (Fsp3) is 0.417. The van der Waals surface area contributed by atoms with E-state index in [0.29, 0.717) is 0 Å². The number of anilines is 1. The van der Waals surface area contributed by atoms with Crippen LogP contribution in [-0.2, 0) is 6.42 Å². The fourth-order valence-electron chi connectivity index (χ4n) is 1.91. The Labute approximate surface area is 94.7 Å². The number of thiocarbonyl (C=S) groups is 1. The molecule has 0 aromatic heterocycles. The van der Waals surface area contributed by atoms with E-state index in [9.17, 15) is 4.39 Å². The third-order valence-electron chi connectivity index (χ3n) is 2.92. The van der Waals surface area contributed by atoms with Crippen LogP contribution in [0.5, 0.6) is 0 Å². The molecule has 1 aromatic rings. The summed E-state index contributed by atoms with van der Waals surface area (Å²) in [6.45, 7) is 5.97. The summed E-state index contributed by atoms with van der Waals surface area (Å²) in [5.41, 5.74) is 2.75. The minimum absolute atomic E-state index is 0.192. The molecule has 80 valence electrons. The molecule has 0 saturated carbocycles. The van der Waals surface area contributed by atoms with Gasteiger partial charge >= 0.3 is 0 Å². The first-order valence-electron chi connectivity index (χ1n) is 5.00. The van der Waals surface area contributed by atoms with Crippen LogP contribution in [0.4, 0.5) is 10.1 Å². The Kier molecular flexibility index (Phi) is 2.30. The predicted molar refractivity (Wildman–Crippen MR) is 65.1 cm³/mol. The highest BCUT2D eigenvalue weighted by atomic mass is 32.1. The lowest BCUT2D eigenvalue weighted by Crippen LogP contribution is -2.43. The lowest BCUT2D eigenvalue weighted by atomic mass is 9.87. The minimum Gasteiger partial charge on any atom is -0.375 e. The Morgan fingerprint density at radius 2 is 2.07 bits per heavy atom. The molecule has 1 nitrogen and oxygen atoms in total. The molecule has 0 bridgehead atoms. The first kappa shape index (κ1) is 10.6. The summed E-state index contributed by atoms with van der Waals surface area (Å²) in [5.74, 6) is -0.192. The maximum atomic E-state index is 13.2. The van der Waals surface area contributed by atoms with Crippen molar-refractivity contribution in [2.24, 2.45) is 0 Å². The minimum atomic E-state index is -0.220. The lowest BCUT2D eigenvalue weighted by molar-refractivity contribution is 0.624. The third kappa shape index (κ3) is 1.76. The van der Waals surface area contributed by atoms with Crippen LogP contribution in [0.2, 0.25) is 0 Å². The van der Waals surface area contributed by atoms with Crippen LogP contribution in [0.25, 0.3) is 0 Å². The molecule has 3 heteroatoms. The van der Waals surface area contributed by atoms with Crippen LogP contribution >= 0.6 is 12.2 Å². The zero-order valence-corrected chi connectivity index (χ0v) is 9.96. The van der Waals surface area contributed by atoms with E-state index in [2.05, 4.69) is 5.32 Å². The van der Waals surface area contributed by atoms with Gasteiger partial charge < -0.3 is 5.32 Å². The van der Waals surface area contributed by atoms with Gasteiger partial charge in [-0.1, -0.05) is 12.2 Å². The molecular formula is C12H14FNS. The number of benzene rings is 1. The van der Waals surface area contributed by atoms with Gasteiger partial charge in [0.2, 0.25) is 0 Å². The highest BCUT2D eigenvalue weighted by Gasteiger charge is 2.30. The molecule has 1 aliphatic heterocycles. The number of rotatable bonds is 0. The van der Waals surface area contributed by atoms with Gasteiger partial charge in [0, 0.05) is 17.0 Å². The van der Waals surface area contributed by atoms with Gasteiger partial charge in [-0.05, 0) is 44.0 Å². The van der Waals surface area contributed by atoms with E-state index in [0.717, 1.165) is 28.1 Å². The van der Waals surface area contributed by atoms with Crippen LogP contribution in [0, 0.1) is 12.7 Å². The standard InChI is InChI=1S/C12H14FNS/c1-7-4-8(13)5-10-9(7)6-11(15)12(2,3)14-10/h4-5,14H,6H2,1-3H3. The summed E-state index contributed by atoms with van der Waals surface area (Å²) in [6.07, 6.45) is 0.761. The van der Waals surface area contributed by atoms with Crippen LogP contribution in [0.3, 0.4) is 0 Å². The van der Waals surface area contributed by atoms with E-state index in [1.54, 1.807) is 12.1 Å². The van der Waals surface area contributed by atoms with Crippen molar-refractivity contribution in [3.8, 4) is 0 Å². The molecule has 2 rings (SSSR count). The van der Waals surface area contributed by atoms with Gasteiger partial charge in [-0.2, -0.15) is 0 Å². The van der Waals surface area contributed by atoms with Gasteiger partial charge in [-0.3, -0.25) is 0 Å². The van der Waals surface area contributed by atoms with Crippen molar-refractivity contribution in [1.29, 1.82) is 0 Å². The second-order valence-electron chi connectivity index (χ2n) is 4.60. The van der Waals surface area contributed by atoms with Crippen molar-refractivity contribution in [1.82, 2.24) is 0 Å². The maximum absolute atomic E-state index is 13.2. The lowest BCUT2D eigenvalue weighted by Gasteiger charge is -2.35. The smallest absolute Gasteiger partial charge is 0.125 e. The van der Waals surface area contributed by atoms with Crippen LogP contribution in [-0.4, -0.2) is 10.4 Å². The summed E-state index contributed by atoms with van der Waals surface area (Å²) >= 11 is 5.35. The largest absolute Gasteiger partial charge is 0.375 e. The number of nitrogens with one attached hydrogen (secondary N) is 1. The first-order chi connectivity index (χ1) is 6.90. The molecule has 0 atom stereocenters. The molecule has 1 heterocycles. The third-order valence-corrected chi connectivity index (χ3v) is 3.57. The molecule has 0 saturated heterocycles. The monoisotopic (exact) mass is 223 g/mol. The number of aryl methyl sites for hydroxylation is 1. The van der Waals surface area contributed by atoms with Crippen molar-refractivity contribution in [2.45, 2.75) is 32.7 Å². The van der Waals surface area contributed by atoms with E-state index in [1.165, 1.54) is 0 Å². The van der Waals surface area contributed by atoms with Crippen molar-refractivity contribution in [3.05, 3.63) is 29.1 Å². The predicted octanol–water partition coefficient (Wildman–Crippen LogP) is 3.25. The first-order valence-corrected chi connectivity index (χ1v) is 5.41. The summed E-state index contributed by atoms with van der Waals surface area (Å²) < 4.78 is 13.2. The van der Waals surface area contributed by atoms with Crippen LogP contribution in [0.1, 0.15) is 25.0 Å². The molecule has 0 spiro atoms. The Bertz CT molecular complexity index is 437. The maximum Gasteiger partial charge on any atom is 0.125 e. The number of halogens is 1.